The highest BCUT2D eigenvalue weighted by molar-refractivity contribution is 14.1. The molecule has 1 N–H and O–H groups in total. The average molecular weight is 395 g/mol. The summed E-state index contributed by atoms with van der Waals surface area (Å²) in [6.45, 7) is 0.970. The van der Waals surface area contributed by atoms with E-state index in [1.165, 1.54) is 20.3 Å². The van der Waals surface area contributed by atoms with Crippen molar-refractivity contribution in [2.75, 3.05) is 20.8 Å². The van der Waals surface area contributed by atoms with Gasteiger partial charge in [0.1, 0.15) is 0 Å². The first-order valence-electron chi connectivity index (χ1n) is 6.97. The van der Waals surface area contributed by atoms with E-state index in [0.29, 0.717) is 0 Å². The predicted molar refractivity (Wildman–Crippen MR) is 92.3 cm³/mol. The van der Waals surface area contributed by atoms with E-state index in [2.05, 4.69) is 64.3 Å². The van der Waals surface area contributed by atoms with Gasteiger partial charge in [0.15, 0.2) is 11.5 Å². The molecule has 1 unspecified atom stereocenters. The van der Waals surface area contributed by atoms with Crippen molar-refractivity contribution in [1.29, 1.82) is 0 Å². The fourth-order valence-corrected chi connectivity index (χ4v) is 3.57. The molecule has 0 saturated carbocycles. The predicted octanol–water partition coefficient (Wildman–Crippen LogP) is 3.54. The normalized spacial score (nSPS) is 17.2. The first-order valence-corrected chi connectivity index (χ1v) is 8.05. The highest BCUT2D eigenvalue weighted by atomic mass is 127. The molecule has 2 aromatic carbocycles. The molecule has 2 aromatic rings. The Bertz CT molecular complexity index is 657. The Hall–Kier alpha value is -1.27. The van der Waals surface area contributed by atoms with E-state index >= 15 is 0 Å². The third-order valence-electron chi connectivity index (χ3n) is 3.92. The van der Waals surface area contributed by atoms with Crippen LogP contribution in [0.1, 0.15) is 22.7 Å². The van der Waals surface area contributed by atoms with Gasteiger partial charge in [0, 0.05) is 10.1 Å². The second-order valence-electron chi connectivity index (χ2n) is 5.06. The summed E-state index contributed by atoms with van der Waals surface area (Å²) in [4.78, 5) is 0. The van der Waals surface area contributed by atoms with Crippen LogP contribution < -0.4 is 14.8 Å². The number of rotatable bonds is 3. The Morgan fingerprint density at radius 3 is 2.48 bits per heavy atom. The zero-order valence-electron chi connectivity index (χ0n) is 12.2. The lowest BCUT2D eigenvalue weighted by Crippen LogP contribution is -2.31. The molecule has 0 aromatic heterocycles. The van der Waals surface area contributed by atoms with E-state index in [0.717, 1.165) is 24.5 Å². The van der Waals surface area contributed by atoms with Gasteiger partial charge < -0.3 is 14.8 Å². The molecule has 1 aliphatic rings. The smallest absolute Gasteiger partial charge is 0.161 e. The minimum atomic E-state index is 0.210. The lowest BCUT2D eigenvalue weighted by molar-refractivity contribution is 0.353. The van der Waals surface area contributed by atoms with Gasteiger partial charge in [-0.3, -0.25) is 0 Å². The molecule has 0 spiro atoms. The lowest BCUT2D eigenvalue weighted by atomic mass is 9.89. The minimum absolute atomic E-state index is 0.210. The molecule has 1 heterocycles. The van der Waals surface area contributed by atoms with Crippen molar-refractivity contribution in [2.24, 2.45) is 0 Å². The van der Waals surface area contributed by atoms with E-state index < -0.39 is 0 Å². The van der Waals surface area contributed by atoms with Crippen molar-refractivity contribution in [3.05, 3.63) is 56.7 Å². The second kappa shape index (κ2) is 6.23. The molecule has 3 rings (SSSR count). The molecule has 0 aliphatic carbocycles. The first kappa shape index (κ1) is 14.7. The number of hydrogen-bond donors (Lipinski definition) is 1. The molecular weight excluding hydrogens is 377 g/mol. The number of ether oxygens (including phenoxy) is 2. The van der Waals surface area contributed by atoms with Crippen molar-refractivity contribution in [3.8, 4) is 11.5 Å². The molecule has 4 heteroatoms. The van der Waals surface area contributed by atoms with Crippen LogP contribution in [0.25, 0.3) is 0 Å². The summed E-state index contributed by atoms with van der Waals surface area (Å²) >= 11 is 2.40. The van der Waals surface area contributed by atoms with E-state index in [4.69, 9.17) is 9.47 Å². The van der Waals surface area contributed by atoms with Crippen molar-refractivity contribution >= 4 is 22.6 Å². The van der Waals surface area contributed by atoms with E-state index in [1.807, 2.05) is 0 Å². The monoisotopic (exact) mass is 395 g/mol. The maximum absolute atomic E-state index is 5.46. The van der Waals surface area contributed by atoms with Gasteiger partial charge in [0.25, 0.3) is 0 Å². The van der Waals surface area contributed by atoms with Gasteiger partial charge in [-0.05, 0) is 63.9 Å². The Labute approximate surface area is 138 Å². The van der Waals surface area contributed by atoms with Crippen LogP contribution in [0.3, 0.4) is 0 Å². The van der Waals surface area contributed by atoms with Gasteiger partial charge in [-0.15, -0.1) is 0 Å². The van der Waals surface area contributed by atoms with Crippen LogP contribution in [0.5, 0.6) is 11.5 Å². The largest absolute Gasteiger partial charge is 0.493 e. The molecule has 21 heavy (non-hydrogen) atoms. The zero-order chi connectivity index (χ0) is 14.8. The maximum Gasteiger partial charge on any atom is 0.161 e. The van der Waals surface area contributed by atoms with Gasteiger partial charge in [0.2, 0.25) is 0 Å². The van der Waals surface area contributed by atoms with Gasteiger partial charge in [0.05, 0.1) is 20.3 Å². The Morgan fingerprint density at radius 2 is 1.76 bits per heavy atom. The summed E-state index contributed by atoms with van der Waals surface area (Å²) in [5.41, 5.74) is 3.92. The van der Waals surface area contributed by atoms with E-state index in [9.17, 15) is 0 Å². The maximum atomic E-state index is 5.46. The molecule has 0 saturated heterocycles. The third-order valence-corrected chi connectivity index (χ3v) is 4.90. The van der Waals surface area contributed by atoms with Crippen LogP contribution in [0.15, 0.2) is 36.4 Å². The summed E-state index contributed by atoms with van der Waals surface area (Å²) in [5.74, 6) is 1.59. The number of halogens is 1. The molecule has 1 aliphatic heterocycles. The number of benzene rings is 2. The standard InChI is InChI=1S/C17H18INO2/c1-20-15-9-11-7-8-19-17(13(11)10-16(15)21-2)12-5-3-4-6-14(12)18/h3-6,9-10,17,19H,7-8H2,1-2H3. The third kappa shape index (κ3) is 2.74. The van der Waals surface area contributed by atoms with Crippen LogP contribution in [-0.4, -0.2) is 20.8 Å². The quantitative estimate of drug-likeness (QED) is 0.807. The first-order chi connectivity index (χ1) is 10.2. The van der Waals surface area contributed by atoms with Crippen molar-refractivity contribution in [1.82, 2.24) is 5.32 Å². The summed E-state index contributed by atoms with van der Waals surface area (Å²) < 4.78 is 12.2. The van der Waals surface area contributed by atoms with Crippen LogP contribution in [0.4, 0.5) is 0 Å². The summed E-state index contributed by atoms with van der Waals surface area (Å²) in [6, 6.07) is 12.9. The molecule has 0 fully saturated rings. The van der Waals surface area contributed by atoms with Crippen LogP contribution >= 0.6 is 22.6 Å². The van der Waals surface area contributed by atoms with Gasteiger partial charge in [-0.1, -0.05) is 18.2 Å². The molecule has 110 valence electrons. The SMILES string of the molecule is COc1cc2c(cc1OC)C(c1ccccc1I)NCC2. The minimum Gasteiger partial charge on any atom is -0.493 e. The molecule has 0 bridgehead atoms. The number of nitrogens with one attached hydrogen (secondary N) is 1. The molecule has 0 amide bonds. The van der Waals surface area contributed by atoms with Gasteiger partial charge in [-0.25, -0.2) is 0 Å². The Morgan fingerprint density at radius 1 is 1.05 bits per heavy atom. The fraction of sp³-hybridized carbons (Fsp3) is 0.294. The van der Waals surface area contributed by atoms with Crippen LogP contribution in [0.2, 0.25) is 0 Å². The lowest BCUT2D eigenvalue weighted by Gasteiger charge is -2.29. The number of methoxy groups -OCH3 is 2. The number of hydrogen-bond acceptors (Lipinski definition) is 3. The van der Waals surface area contributed by atoms with Crippen molar-refractivity contribution in [3.63, 3.8) is 0 Å². The van der Waals surface area contributed by atoms with Crippen molar-refractivity contribution < 1.29 is 9.47 Å². The van der Waals surface area contributed by atoms with Crippen LogP contribution in [-0.2, 0) is 6.42 Å². The molecule has 1 atom stereocenters. The molecule has 3 nitrogen and oxygen atoms in total. The fourth-order valence-electron chi connectivity index (χ4n) is 2.87. The number of fused-ring (bicyclic) bond motifs is 1. The zero-order valence-corrected chi connectivity index (χ0v) is 14.3. The van der Waals surface area contributed by atoms with Crippen LogP contribution in [0, 0.1) is 3.57 Å². The summed E-state index contributed by atoms with van der Waals surface area (Å²) in [5, 5.41) is 3.62. The summed E-state index contributed by atoms with van der Waals surface area (Å²) in [6.07, 6.45) is 1.01. The second-order valence-corrected chi connectivity index (χ2v) is 6.23. The Balaban J connectivity index is 2.11. The average Bonchev–Trinajstić information content (AvgIpc) is 2.53. The molecule has 0 radical (unpaired) electrons. The van der Waals surface area contributed by atoms with E-state index in [1.54, 1.807) is 14.2 Å². The van der Waals surface area contributed by atoms with Crippen molar-refractivity contribution in [2.45, 2.75) is 12.5 Å². The Kier molecular flexibility index (Phi) is 4.35. The van der Waals surface area contributed by atoms with Gasteiger partial charge in [-0.2, -0.15) is 0 Å². The highest BCUT2D eigenvalue weighted by Gasteiger charge is 2.24. The summed E-state index contributed by atoms with van der Waals surface area (Å²) in [7, 11) is 3.37. The molecular formula is C17H18INO2. The van der Waals surface area contributed by atoms with E-state index in [-0.39, 0.29) is 6.04 Å². The van der Waals surface area contributed by atoms with Gasteiger partial charge >= 0.3 is 0 Å². The highest BCUT2D eigenvalue weighted by Crippen LogP contribution is 2.38. The topological polar surface area (TPSA) is 30.5 Å².